The Morgan fingerprint density at radius 1 is 1.07 bits per heavy atom. The van der Waals surface area contributed by atoms with Gasteiger partial charge in [0.1, 0.15) is 0 Å². The lowest BCUT2D eigenvalue weighted by atomic mass is 10.0. The van der Waals surface area contributed by atoms with Gasteiger partial charge in [-0.2, -0.15) is 0 Å². The Hall–Kier alpha value is -2.95. The molecule has 0 spiro atoms. The number of nitrogens with zero attached hydrogens (tertiary/aromatic N) is 1. The van der Waals surface area contributed by atoms with Crippen molar-refractivity contribution in [2.24, 2.45) is 0 Å². The SMILES string of the molecule is CCc1ccc(C(=O)C(C)OC(=O)c2cccc(CN3CCCC3=O)c2)cc1. The molecule has 3 rings (SSSR count). The molecule has 0 N–H and O–H groups in total. The fraction of sp³-hybridized carbons (Fsp3) is 0.348. The standard InChI is InChI=1S/C23H25NO4/c1-3-17-9-11-19(12-10-17)22(26)16(2)28-23(27)20-7-4-6-18(14-20)15-24-13-5-8-21(24)25/h4,6-7,9-12,14,16H,3,5,8,13,15H2,1-2H3. The summed E-state index contributed by atoms with van der Waals surface area (Å²) in [6, 6.07) is 14.4. The van der Waals surface area contributed by atoms with Crippen LogP contribution in [-0.2, 0) is 22.5 Å². The Kier molecular flexibility index (Phi) is 6.24. The summed E-state index contributed by atoms with van der Waals surface area (Å²) in [5.74, 6) is -0.628. The van der Waals surface area contributed by atoms with E-state index in [4.69, 9.17) is 4.74 Å². The number of carbonyl (C=O) groups excluding carboxylic acids is 3. The molecule has 0 radical (unpaired) electrons. The first-order valence-corrected chi connectivity index (χ1v) is 9.68. The number of carbonyl (C=O) groups is 3. The molecule has 1 aliphatic heterocycles. The molecule has 5 nitrogen and oxygen atoms in total. The molecule has 1 aliphatic rings. The number of ketones is 1. The van der Waals surface area contributed by atoms with Crippen LogP contribution in [0.1, 0.15) is 58.5 Å². The van der Waals surface area contributed by atoms with E-state index in [-0.39, 0.29) is 11.7 Å². The van der Waals surface area contributed by atoms with Crippen LogP contribution in [0.3, 0.4) is 0 Å². The first-order chi connectivity index (χ1) is 13.5. The number of rotatable bonds is 7. The Morgan fingerprint density at radius 2 is 1.82 bits per heavy atom. The molecule has 0 aliphatic carbocycles. The van der Waals surface area contributed by atoms with E-state index in [2.05, 4.69) is 6.92 Å². The molecule has 1 heterocycles. The molecule has 2 aromatic carbocycles. The maximum absolute atomic E-state index is 12.5. The molecule has 2 aromatic rings. The zero-order valence-corrected chi connectivity index (χ0v) is 16.3. The van der Waals surface area contributed by atoms with Crippen molar-refractivity contribution >= 4 is 17.7 Å². The lowest BCUT2D eigenvalue weighted by Gasteiger charge is -2.16. The molecule has 1 saturated heterocycles. The summed E-state index contributed by atoms with van der Waals surface area (Å²) in [4.78, 5) is 38.6. The maximum atomic E-state index is 12.5. The van der Waals surface area contributed by atoms with Gasteiger partial charge in [0.05, 0.1) is 5.56 Å². The summed E-state index contributed by atoms with van der Waals surface area (Å²) >= 11 is 0. The molecule has 1 fully saturated rings. The highest BCUT2D eigenvalue weighted by Gasteiger charge is 2.22. The monoisotopic (exact) mass is 379 g/mol. The molecule has 146 valence electrons. The van der Waals surface area contributed by atoms with Crippen molar-refractivity contribution in [2.75, 3.05) is 6.54 Å². The average Bonchev–Trinajstić information content (AvgIpc) is 3.12. The molecular formula is C23H25NO4. The number of likely N-dealkylation sites (tertiary alicyclic amines) is 1. The van der Waals surface area contributed by atoms with E-state index in [0.717, 1.165) is 30.5 Å². The van der Waals surface area contributed by atoms with Gasteiger partial charge < -0.3 is 9.64 Å². The van der Waals surface area contributed by atoms with Gasteiger partial charge in [-0.15, -0.1) is 0 Å². The highest BCUT2D eigenvalue weighted by atomic mass is 16.5. The zero-order chi connectivity index (χ0) is 20.1. The molecule has 5 heteroatoms. The van der Waals surface area contributed by atoms with Gasteiger partial charge in [-0.1, -0.05) is 43.3 Å². The zero-order valence-electron chi connectivity index (χ0n) is 16.3. The fourth-order valence-electron chi connectivity index (χ4n) is 3.31. The van der Waals surface area contributed by atoms with Crippen molar-refractivity contribution in [1.29, 1.82) is 0 Å². The van der Waals surface area contributed by atoms with Gasteiger partial charge >= 0.3 is 5.97 Å². The van der Waals surface area contributed by atoms with Crippen LogP contribution in [0.2, 0.25) is 0 Å². The van der Waals surface area contributed by atoms with Gasteiger partial charge in [0.2, 0.25) is 11.7 Å². The predicted octanol–water partition coefficient (Wildman–Crippen LogP) is 3.80. The van der Waals surface area contributed by atoms with E-state index in [1.54, 1.807) is 42.2 Å². The molecule has 1 amide bonds. The summed E-state index contributed by atoms with van der Waals surface area (Å²) in [7, 11) is 0. The van der Waals surface area contributed by atoms with E-state index in [1.165, 1.54) is 0 Å². The minimum absolute atomic E-state index is 0.140. The van der Waals surface area contributed by atoms with Crippen LogP contribution in [0.5, 0.6) is 0 Å². The second-order valence-corrected chi connectivity index (χ2v) is 7.08. The van der Waals surface area contributed by atoms with Crippen LogP contribution in [0.4, 0.5) is 0 Å². The van der Waals surface area contributed by atoms with Crippen LogP contribution in [-0.4, -0.2) is 35.2 Å². The summed E-state index contributed by atoms with van der Waals surface area (Å²) in [5, 5.41) is 0. The second-order valence-electron chi connectivity index (χ2n) is 7.08. The number of benzene rings is 2. The number of amides is 1. The number of hydrogen-bond donors (Lipinski definition) is 0. The molecule has 1 atom stereocenters. The van der Waals surface area contributed by atoms with E-state index in [9.17, 15) is 14.4 Å². The largest absolute Gasteiger partial charge is 0.451 e. The molecular weight excluding hydrogens is 354 g/mol. The van der Waals surface area contributed by atoms with E-state index < -0.39 is 12.1 Å². The Balaban J connectivity index is 1.63. The molecule has 0 aromatic heterocycles. The summed E-state index contributed by atoms with van der Waals surface area (Å²) in [5.41, 5.74) is 2.93. The van der Waals surface area contributed by atoms with Gasteiger partial charge in [0.15, 0.2) is 6.10 Å². The van der Waals surface area contributed by atoms with Crippen LogP contribution in [0.15, 0.2) is 48.5 Å². The highest BCUT2D eigenvalue weighted by Crippen LogP contribution is 2.17. The topological polar surface area (TPSA) is 63.7 Å². The van der Waals surface area contributed by atoms with Gasteiger partial charge in [-0.05, 0) is 43.0 Å². The van der Waals surface area contributed by atoms with Crippen molar-refractivity contribution < 1.29 is 19.1 Å². The van der Waals surface area contributed by atoms with Gasteiger partial charge in [-0.25, -0.2) is 4.79 Å². The third-order valence-electron chi connectivity index (χ3n) is 5.01. The van der Waals surface area contributed by atoms with Crippen molar-refractivity contribution in [3.8, 4) is 0 Å². The Morgan fingerprint density at radius 3 is 2.46 bits per heavy atom. The summed E-state index contributed by atoms with van der Waals surface area (Å²) in [6.07, 6.45) is 1.49. The first-order valence-electron chi connectivity index (χ1n) is 9.68. The van der Waals surface area contributed by atoms with Crippen LogP contribution in [0.25, 0.3) is 0 Å². The van der Waals surface area contributed by atoms with Crippen molar-refractivity contribution in [3.05, 3.63) is 70.8 Å². The molecule has 0 bridgehead atoms. The Bertz CT molecular complexity index is 872. The first kappa shape index (κ1) is 19.8. The Labute approximate surface area is 165 Å². The summed E-state index contributed by atoms with van der Waals surface area (Å²) in [6.45, 7) is 4.86. The number of hydrogen-bond acceptors (Lipinski definition) is 4. The number of esters is 1. The van der Waals surface area contributed by atoms with E-state index in [1.807, 2.05) is 18.2 Å². The molecule has 1 unspecified atom stereocenters. The van der Waals surface area contributed by atoms with Gasteiger partial charge in [-0.3, -0.25) is 9.59 Å². The van der Waals surface area contributed by atoms with Crippen molar-refractivity contribution in [1.82, 2.24) is 4.90 Å². The third kappa shape index (κ3) is 4.66. The smallest absolute Gasteiger partial charge is 0.338 e. The lowest BCUT2D eigenvalue weighted by Crippen LogP contribution is -2.25. The average molecular weight is 379 g/mol. The fourth-order valence-corrected chi connectivity index (χ4v) is 3.31. The quantitative estimate of drug-likeness (QED) is 0.542. The lowest BCUT2D eigenvalue weighted by molar-refractivity contribution is -0.128. The minimum atomic E-state index is -0.871. The molecule has 28 heavy (non-hydrogen) atoms. The molecule has 0 saturated carbocycles. The second kappa shape index (κ2) is 8.83. The highest BCUT2D eigenvalue weighted by molar-refractivity contribution is 6.01. The third-order valence-corrected chi connectivity index (χ3v) is 5.01. The van der Waals surface area contributed by atoms with Crippen molar-refractivity contribution in [3.63, 3.8) is 0 Å². The van der Waals surface area contributed by atoms with E-state index >= 15 is 0 Å². The number of ether oxygens (including phenoxy) is 1. The van der Waals surface area contributed by atoms with Gasteiger partial charge in [0.25, 0.3) is 0 Å². The minimum Gasteiger partial charge on any atom is -0.451 e. The normalized spacial score (nSPS) is 14.8. The van der Waals surface area contributed by atoms with Crippen LogP contribution in [0, 0.1) is 0 Å². The van der Waals surface area contributed by atoms with E-state index in [0.29, 0.717) is 24.1 Å². The number of aryl methyl sites for hydroxylation is 1. The number of Topliss-reactive ketones (excluding diaryl/α,β-unsaturated/α-hetero) is 1. The maximum Gasteiger partial charge on any atom is 0.338 e. The van der Waals surface area contributed by atoms with Gasteiger partial charge in [0, 0.05) is 25.1 Å². The van der Waals surface area contributed by atoms with Crippen molar-refractivity contribution in [2.45, 2.75) is 45.8 Å². The van der Waals surface area contributed by atoms with Crippen LogP contribution < -0.4 is 0 Å². The predicted molar refractivity (Wildman–Crippen MR) is 106 cm³/mol. The summed E-state index contributed by atoms with van der Waals surface area (Å²) < 4.78 is 5.39. The van der Waals surface area contributed by atoms with Crippen LogP contribution >= 0.6 is 0 Å².